The molecule has 2 aliphatic heterocycles. The van der Waals surface area contributed by atoms with Gasteiger partial charge in [-0.2, -0.15) is 0 Å². The summed E-state index contributed by atoms with van der Waals surface area (Å²) in [5.41, 5.74) is 13.7. The summed E-state index contributed by atoms with van der Waals surface area (Å²) in [6.07, 6.45) is 29.9. The minimum absolute atomic E-state index is 0.202. The van der Waals surface area contributed by atoms with E-state index < -0.39 is 8.07 Å². The Morgan fingerprint density at radius 3 is 2.37 bits per heavy atom. The number of anilines is 2. The second kappa shape index (κ2) is 12.1. The van der Waals surface area contributed by atoms with Gasteiger partial charge >= 0.3 is 0 Å². The Kier molecular flexibility index (Phi) is 7.37. The van der Waals surface area contributed by atoms with Crippen LogP contribution in [-0.2, 0) is 0 Å². The first-order valence-corrected chi connectivity index (χ1v) is 22.3. The van der Waals surface area contributed by atoms with E-state index in [1.165, 1.54) is 55.2 Å². The maximum atomic E-state index is 2.63. The van der Waals surface area contributed by atoms with Crippen molar-refractivity contribution in [1.29, 1.82) is 0 Å². The number of rotatable bonds is 5. The van der Waals surface area contributed by atoms with Gasteiger partial charge in [0, 0.05) is 38.9 Å². The van der Waals surface area contributed by atoms with Gasteiger partial charge in [0.1, 0.15) is 8.07 Å². The lowest BCUT2D eigenvalue weighted by Crippen LogP contribution is -2.44. The monoisotopic (exact) mass is 691 g/mol. The highest BCUT2D eigenvalue weighted by Gasteiger charge is 2.45. The van der Waals surface area contributed by atoms with Gasteiger partial charge in [-0.3, -0.25) is 0 Å². The molecule has 0 bridgehead atoms. The molecule has 0 saturated carbocycles. The van der Waals surface area contributed by atoms with Crippen molar-refractivity contribution in [1.82, 2.24) is 0 Å². The first kappa shape index (κ1) is 30.9. The molecule has 248 valence electrons. The first-order valence-electron chi connectivity index (χ1n) is 18.5. The smallest absolute Gasteiger partial charge is 0.109 e. The fourth-order valence-corrected chi connectivity index (χ4v) is 14.2. The van der Waals surface area contributed by atoms with Crippen molar-refractivity contribution < 1.29 is 0 Å². The number of fused-ring (bicyclic) bond motifs is 7. The van der Waals surface area contributed by atoms with Crippen LogP contribution < -0.4 is 10.1 Å². The summed E-state index contributed by atoms with van der Waals surface area (Å²) in [6, 6.07) is 34.5. The maximum absolute atomic E-state index is 2.63. The van der Waals surface area contributed by atoms with Gasteiger partial charge in [0.05, 0.1) is 6.04 Å². The molecule has 0 amide bonds. The largest absolute Gasteiger partial charge is 0.334 e. The molecule has 4 atom stereocenters. The third-order valence-electron chi connectivity index (χ3n) is 12.0. The average Bonchev–Trinajstić information content (AvgIpc) is 3.67. The molecule has 0 aromatic heterocycles. The standard InChI is InChI=1S/C48H41NSSi/c1-51(2)45-29-28-41-40-17-9-11-19-44(40)50-48(41)47(45)42-27-26-38(31-46(42)51)49(43-18-10-8-16-39(43)34-13-4-3-5-14-34)37-24-22-33(23-25-37)36-21-20-32-12-6-7-15-35(32)30-36/h3-29,35,38,40,44H,30-31H2,1-2H3. The SMILES string of the molecule is C[Si]1(C)C2=C(C=CC(N(c3ccc(C4=CC=C5C=CC=CC5C4)cc3)c3ccccc3-c3ccccc3)C2)c2c1ccc1c2SC2C=CC=CC12. The van der Waals surface area contributed by atoms with Gasteiger partial charge in [0.2, 0.25) is 0 Å². The van der Waals surface area contributed by atoms with Gasteiger partial charge in [0.15, 0.2) is 0 Å². The van der Waals surface area contributed by atoms with Crippen molar-refractivity contribution in [2.45, 2.75) is 48.0 Å². The van der Waals surface area contributed by atoms with E-state index in [9.17, 15) is 0 Å². The van der Waals surface area contributed by atoms with Crippen molar-refractivity contribution in [3.8, 4) is 11.1 Å². The number of para-hydroxylation sites is 1. The summed E-state index contributed by atoms with van der Waals surface area (Å²) < 4.78 is 0. The number of benzene rings is 4. The van der Waals surface area contributed by atoms with Crippen LogP contribution in [0.25, 0.3) is 22.3 Å². The Morgan fingerprint density at radius 2 is 1.49 bits per heavy atom. The minimum atomic E-state index is -1.90. The van der Waals surface area contributed by atoms with Crippen molar-refractivity contribution >= 4 is 47.5 Å². The predicted molar refractivity (Wildman–Crippen MR) is 222 cm³/mol. The van der Waals surface area contributed by atoms with Gasteiger partial charge in [-0.15, -0.1) is 11.8 Å². The van der Waals surface area contributed by atoms with E-state index in [4.69, 9.17) is 0 Å². The third-order valence-corrected chi connectivity index (χ3v) is 17.1. The highest BCUT2D eigenvalue weighted by molar-refractivity contribution is 8.00. The summed E-state index contributed by atoms with van der Waals surface area (Å²) in [4.78, 5) is 4.17. The van der Waals surface area contributed by atoms with Gasteiger partial charge in [-0.05, 0) is 75.2 Å². The zero-order valence-electron chi connectivity index (χ0n) is 29.2. The molecule has 4 aromatic rings. The molecule has 0 fully saturated rings. The van der Waals surface area contributed by atoms with Crippen molar-refractivity contribution in [3.63, 3.8) is 0 Å². The molecular weight excluding hydrogens is 651 g/mol. The molecule has 2 heterocycles. The summed E-state index contributed by atoms with van der Waals surface area (Å²) in [5, 5.41) is 3.83. The van der Waals surface area contributed by atoms with E-state index >= 15 is 0 Å². The Morgan fingerprint density at radius 1 is 0.686 bits per heavy atom. The Hall–Kier alpha value is -4.83. The lowest BCUT2D eigenvalue weighted by atomic mass is 9.82. The lowest BCUT2D eigenvalue weighted by molar-refractivity contribution is 0.777. The van der Waals surface area contributed by atoms with Gasteiger partial charge in [0.25, 0.3) is 0 Å². The number of hydrogen-bond acceptors (Lipinski definition) is 2. The topological polar surface area (TPSA) is 3.24 Å². The molecule has 51 heavy (non-hydrogen) atoms. The Labute approximate surface area is 307 Å². The van der Waals surface area contributed by atoms with Crippen molar-refractivity contribution in [2.24, 2.45) is 5.92 Å². The van der Waals surface area contributed by atoms with Crippen LogP contribution in [0.1, 0.15) is 35.4 Å². The van der Waals surface area contributed by atoms with Crippen LogP contribution in [0.4, 0.5) is 11.4 Å². The summed E-state index contributed by atoms with van der Waals surface area (Å²) in [6.45, 7) is 5.19. The first-order chi connectivity index (χ1) is 25.0. The second-order valence-electron chi connectivity index (χ2n) is 15.1. The quantitative estimate of drug-likeness (QED) is 0.192. The van der Waals surface area contributed by atoms with Crippen LogP contribution in [0.15, 0.2) is 180 Å². The normalized spacial score (nSPS) is 24.4. The summed E-state index contributed by atoms with van der Waals surface area (Å²) in [5.74, 6) is 0.958. The highest BCUT2D eigenvalue weighted by atomic mass is 32.2. The van der Waals surface area contributed by atoms with Crippen LogP contribution in [-0.4, -0.2) is 19.4 Å². The fraction of sp³-hybridized carbons (Fsp3) is 0.167. The number of allylic oxidation sites excluding steroid dienone is 13. The van der Waals surface area contributed by atoms with Gasteiger partial charge in [-0.1, -0.05) is 164 Å². The molecule has 1 nitrogen and oxygen atoms in total. The molecule has 0 spiro atoms. The number of thioether (sulfide) groups is 1. The van der Waals surface area contributed by atoms with E-state index in [1.54, 1.807) is 15.9 Å². The van der Waals surface area contributed by atoms with E-state index in [1.807, 2.05) is 0 Å². The second-order valence-corrected chi connectivity index (χ2v) is 20.7. The molecule has 4 aromatic carbocycles. The lowest BCUT2D eigenvalue weighted by Gasteiger charge is -2.37. The number of hydrogen-bond donors (Lipinski definition) is 0. The maximum Gasteiger partial charge on any atom is 0.109 e. The van der Waals surface area contributed by atoms with Crippen LogP contribution in [0.2, 0.25) is 13.1 Å². The third kappa shape index (κ3) is 5.04. The Balaban J connectivity index is 1.05. The molecule has 6 aliphatic rings. The molecular formula is C48H41NSSi. The number of nitrogens with zero attached hydrogens (tertiary/aromatic N) is 1. The molecule has 0 N–H and O–H groups in total. The molecule has 0 saturated heterocycles. The van der Waals surface area contributed by atoms with Crippen LogP contribution in [0.5, 0.6) is 0 Å². The Bertz CT molecular complexity index is 2330. The highest BCUT2D eigenvalue weighted by Crippen LogP contribution is 2.54. The zero-order chi connectivity index (χ0) is 34.1. The van der Waals surface area contributed by atoms with Crippen LogP contribution >= 0.6 is 11.8 Å². The van der Waals surface area contributed by atoms with Crippen molar-refractivity contribution in [3.05, 3.63) is 191 Å². The molecule has 4 unspecified atom stereocenters. The van der Waals surface area contributed by atoms with E-state index in [2.05, 4.69) is 194 Å². The average molecular weight is 692 g/mol. The van der Waals surface area contributed by atoms with E-state index in [0.29, 0.717) is 17.1 Å². The van der Waals surface area contributed by atoms with E-state index in [0.717, 1.165) is 12.8 Å². The summed E-state index contributed by atoms with van der Waals surface area (Å²) >= 11 is 2.09. The van der Waals surface area contributed by atoms with Crippen molar-refractivity contribution in [2.75, 3.05) is 4.90 Å². The fourth-order valence-electron chi connectivity index (χ4n) is 9.32. The van der Waals surface area contributed by atoms with E-state index in [-0.39, 0.29) is 6.04 Å². The summed E-state index contributed by atoms with van der Waals surface area (Å²) in [7, 11) is -1.90. The predicted octanol–water partition coefficient (Wildman–Crippen LogP) is 11.9. The minimum Gasteiger partial charge on any atom is -0.334 e. The van der Waals surface area contributed by atoms with Crippen LogP contribution in [0.3, 0.4) is 0 Å². The van der Waals surface area contributed by atoms with Crippen LogP contribution in [0, 0.1) is 5.92 Å². The molecule has 4 aliphatic carbocycles. The van der Waals surface area contributed by atoms with Gasteiger partial charge < -0.3 is 4.90 Å². The molecule has 10 rings (SSSR count). The molecule has 3 heteroatoms. The van der Waals surface area contributed by atoms with Gasteiger partial charge in [-0.25, -0.2) is 0 Å². The molecule has 0 radical (unpaired) electrons. The zero-order valence-corrected chi connectivity index (χ0v) is 31.0.